The van der Waals surface area contributed by atoms with Crippen LogP contribution in [0, 0.1) is 11.3 Å². The lowest BCUT2D eigenvalue weighted by atomic mass is 9.49. The molecule has 4 rings (SSSR count). The molecule has 2 amide bonds. The fourth-order valence-corrected chi connectivity index (χ4v) is 6.99. The molecule has 0 saturated heterocycles. The minimum atomic E-state index is -5.25. The predicted octanol–water partition coefficient (Wildman–Crippen LogP) is 1.30. The van der Waals surface area contributed by atoms with Crippen molar-refractivity contribution in [1.29, 1.82) is 0 Å². The van der Waals surface area contributed by atoms with Crippen molar-refractivity contribution in [2.45, 2.75) is 44.2 Å². The van der Waals surface area contributed by atoms with Crippen molar-refractivity contribution in [3.63, 3.8) is 0 Å². The Morgan fingerprint density at radius 1 is 1.16 bits per heavy atom. The number of phenolic OH excluding ortho intramolecular Hbond substituents is 1. The Morgan fingerprint density at radius 2 is 1.77 bits per heavy atom. The number of nitrogens with zero attached hydrogens (tertiary/aromatic N) is 2. The fourth-order valence-electron chi connectivity index (χ4n) is 6.99. The van der Waals surface area contributed by atoms with Crippen molar-refractivity contribution in [2.75, 3.05) is 40.1 Å². The van der Waals surface area contributed by atoms with E-state index in [0.717, 1.165) is 6.07 Å². The number of fused-ring (bicyclic) bond motifs is 3. The third-order valence-electron chi connectivity index (χ3n) is 8.57. The predicted molar refractivity (Wildman–Crippen MR) is 147 cm³/mol. The summed E-state index contributed by atoms with van der Waals surface area (Å²) in [6, 6.07) is -0.585. The molecular formula is C28H33F3N4O9. The van der Waals surface area contributed by atoms with E-state index in [4.69, 9.17) is 5.73 Å². The molecule has 4 atom stereocenters. The molecule has 0 heterocycles. The van der Waals surface area contributed by atoms with E-state index in [1.807, 2.05) is 0 Å². The average molecular weight is 627 g/mol. The number of aliphatic hydroxyl groups is 3. The summed E-state index contributed by atoms with van der Waals surface area (Å²) < 4.78 is 44.8. The number of rotatable bonds is 7. The smallest absolute Gasteiger partial charge is 0.510 e. The molecule has 0 spiro atoms. The number of carbonyl (C=O) groups is 4. The Morgan fingerprint density at radius 3 is 2.27 bits per heavy atom. The van der Waals surface area contributed by atoms with E-state index in [-0.39, 0.29) is 19.4 Å². The van der Waals surface area contributed by atoms with E-state index < -0.39 is 110 Å². The SMILES string of the molecule is CC[C@@]12C[C@@H]3Cc4c(OC(F)(F)F)cc(NC(=O)CN(C)C)c(O)c4C(=O)C3=C(O)[C@]1(O)C(=O)C(C(N)=O)=C(O)[C@H]2N(C)C. The maximum Gasteiger partial charge on any atom is 0.573 e. The van der Waals surface area contributed by atoms with Gasteiger partial charge in [0.1, 0.15) is 22.8 Å². The summed E-state index contributed by atoms with van der Waals surface area (Å²) in [5, 5.41) is 48.1. The second-order valence-electron chi connectivity index (χ2n) is 11.7. The van der Waals surface area contributed by atoms with Gasteiger partial charge in [0.25, 0.3) is 5.91 Å². The van der Waals surface area contributed by atoms with Gasteiger partial charge < -0.3 is 41.1 Å². The number of Topliss-reactive ketones (excluding diaryl/α,β-unsaturated/α-hetero) is 2. The second-order valence-corrected chi connectivity index (χ2v) is 11.7. The molecule has 0 radical (unpaired) electrons. The molecule has 1 aromatic carbocycles. The molecule has 16 heteroatoms. The molecule has 13 nitrogen and oxygen atoms in total. The van der Waals surface area contributed by atoms with Crippen LogP contribution in [0.1, 0.15) is 35.7 Å². The van der Waals surface area contributed by atoms with Crippen LogP contribution >= 0.6 is 0 Å². The number of primary amides is 1. The zero-order valence-electron chi connectivity index (χ0n) is 24.5. The zero-order chi connectivity index (χ0) is 33.3. The van der Waals surface area contributed by atoms with Crippen LogP contribution < -0.4 is 15.8 Å². The molecule has 0 aromatic heterocycles. The summed E-state index contributed by atoms with van der Waals surface area (Å²) in [5.41, 5.74) is -2.74. The summed E-state index contributed by atoms with van der Waals surface area (Å²) in [5.74, 6) is -9.79. The van der Waals surface area contributed by atoms with Crippen LogP contribution in [-0.4, -0.2) is 106 Å². The number of halogens is 3. The number of ether oxygens (including phenoxy) is 1. The highest BCUT2D eigenvalue weighted by atomic mass is 19.4. The van der Waals surface area contributed by atoms with Crippen molar-refractivity contribution < 1.29 is 57.5 Å². The lowest BCUT2D eigenvalue weighted by Crippen LogP contribution is -2.70. The number of aliphatic hydroxyl groups excluding tert-OH is 2. The summed E-state index contributed by atoms with van der Waals surface area (Å²) in [7, 11) is 6.01. The van der Waals surface area contributed by atoms with Gasteiger partial charge in [-0.1, -0.05) is 6.92 Å². The van der Waals surface area contributed by atoms with Crippen LogP contribution in [0.15, 0.2) is 28.7 Å². The van der Waals surface area contributed by atoms with Crippen molar-refractivity contribution in [1.82, 2.24) is 9.80 Å². The average Bonchev–Trinajstić information content (AvgIpc) is 2.87. The van der Waals surface area contributed by atoms with Gasteiger partial charge in [0.05, 0.1) is 23.8 Å². The maximum atomic E-state index is 14.0. The number of alkyl halides is 3. The van der Waals surface area contributed by atoms with Gasteiger partial charge in [-0.05, 0) is 53.4 Å². The molecule has 240 valence electrons. The monoisotopic (exact) mass is 626 g/mol. The van der Waals surface area contributed by atoms with E-state index in [1.54, 1.807) is 14.1 Å². The number of likely N-dealkylation sites (N-methyl/N-ethyl adjacent to an activating group) is 2. The summed E-state index contributed by atoms with van der Waals surface area (Å²) >= 11 is 0. The number of nitrogens with two attached hydrogens (primary N) is 1. The molecule has 44 heavy (non-hydrogen) atoms. The van der Waals surface area contributed by atoms with Crippen LogP contribution in [0.4, 0.5) is 18.9 Å². The fraction of sp³-hybridized carbons (Fsp3) is 0.500. The molecule has 0 aliphatic heterocycles. The molecular weight excluding hydrogens is 593 g/mol. The van der Waals surface area contributed by atoms with Crippen molar-refractivity contribution >= 4 is 29.1 Å². The topological polar surface area (TPSA) is 203 Å². The Hall–Kier alpha value is -4.15. The number of phenols is 1. The first kappa shape index (κ1) is 32.8. The van der Waals surface area contributed by atoms with E-state index in [0.29, 0.717) is 0 Å². The number of carbonyl (C=O) groups excluding carboxylic acids is 4. The van der Waals surface area contributed by atoms with Gasteiger partial charge in [-0.25, -0.2) is 0 Å². The van der Waals surface area contributed by atoms with Crippen LogP contribution in [0.25, 0.3) is 0 Å². The molecule has 0 bridgehead atoms. The number of hydrogen-bond donors (Lipinski definition) is 6. The van der Waals surface area contributed by atoms with Crippen molar-refractivity contribution in [2.24, 2.45) is 17.1 Å². The first-order valence-corrected chi connectivity index (χ1v) is 13.5. The van der Waals surface area contributed by atoms with Gasteiger partial charge in [0.2, 0.25) is 11.7 Å². The van der Waals surface area contributed by atoms with Crippen LogP contribution in [0.2, 0.25) is 0 Å². The van der Waals surface area contributed by atoms with Crippen molar-refractivity contribution in [3.05, 3.63) is 39.9 Å². The van der Waals surface area contributed by atoms with E-state index in [9.17, 15) is 52.8 Å². The quantitative estimate of drug-likeness (QED) is 0.188. The van der Waals surface area contributed by atoms with E-state index in [1.165, 1.54) is 30.8 Å². The molecule has 1 aromatic rings. The minimum Gasteiger partial charge on any atom is -0.510 e. The third-order valence-corrected chi connectivity index (χ3v) is 8.57. The molecule has 0 fully saturated rings. The number of hydrogen-bond acceptors (Lipinski definition) is 11. The lowest BCUT2D eigenvalue weighted by Gasteiger charge is -2.58. The lowest BCUT2D eigenvalue weighted by molar-refractivity contribution is -0.275. The van der Waals surface area contributed by atoms with Gasteiger partial charge in [-0.15, -0.1) is 13.2 Å². The van der Waals surface area contributed by atoms with E-state index in [2.05, 4.69) is 10.1 Å². The highest BCUT2D eigenvalue weighted by Crippen LogP contribution is 2.61. The zero-order valence-corrected chi connectivity index (χ0v) is 24.5. The molecule has 3 aliphatic carbocycles. The maximum absolute atomic E-state index is 14.0. The van der Waals surface area contributed by atoms with Crippen LogP contribution in [0.5, 0.6) is 11.5 Å². The second kappa shape index (κ2) is 10.8. The van der Waals surface area contributed by atoms with Gasteiger partial charge in [0, 0.05) is 22.6 Å². The van der Waals surface area contributed by atoms with Crippen molar-refractivity contribution in [3.8, 4) is 11.5 Å². The highest BCUT2D eigenvalue weighted by Gasteiger charge is 2.70. The molecule has 7 N–H and O–H groups in total. The number of ketones is 2. The first-order chi connectivity index (χ1) is 20.2. The Balaban J connectivity index is 2.01. The normalized spacial score (nSPS) is 26.9. The van der Waals surface area contributed by atoms with Gasteiger partial charge in [-0.3, -0.25) is 24.1 Å². The summed E-state index contributed by atoms with van der Waals surface area (Å²) in [4.78, 5) is 55.2. The van der Waals surface area contributed by atoms with Crippen LogP contribution in [0.3, 0.4) is 0 Å². The molecule has 0 unspecified atom stereocenters. The Bertz CT molecular complexity index is 1530. The molecule has 0 saturated carbocycles. The standard InChI is InChI=1S/C28H33F3N4O9/c1-6-26-9-11-7-12-14(44-28(29,30)31)8-13(33-15(36)10-34(2)3)19(37)17(12)20(38)16(11)23(40)27(26,43)24(41)18(25(32)42)21(39)22(26)35(4)5/h8,11,22,37,39-40,43H,6-7,9-10H2,1-5H3,(H2,32,42)(H,33,36)/t11-,22+,26-,27-/m0/s1. The van der Waals surface area contributed by atoms with E-state index >= 15 is 0 Å². The molecule has 3 aliphatic rings. The summed E-state index contributed by atoms with van der Waals surface area (Å²) in [6.45, 7) is 1.29. The largest absolute Gasteiger partial charge is 0.573 e. The van der Waals surface area contributed by atoms with Gasteiger partial charge in [-0.2, -0.15) is 0 Å². The summed E-state index contributed by atoms with van der Waals surface area (Å²) in [6.07, 6.45) is -6.17. The van der Waals surface area contributed by atoms with Crippen LogP contribution in [-0.2, 0) is 20.8 Å². The number of benzene rings is 1. The highest BCUT2D eigenvalue weighted by molar-refractivity contribution is 6.25. The minimum absolute atomic E-state index is 0.128. The number of nitrogens with one attached hydrogen (secondary N) is 1. The first-order valence-electron chi connectivity index (χ1n) is 13.5. The number of aromatic hydroxyl groups is 1. The van der Waals surface area contributed by atoms with Gasteiger partial charge in [0.15, 0.2) is 17.1 Å². The number of amides is 2. The Labute approximate surface area is 249 Å². The van der Waals surface area contributed by atoms with Gasteiger partial charge >= 0.3 is 6.36 Å². The third kappa shape index (κ3) is 4.77. The Kier molecular flexibility index (Phi) is 8.03. The number of allylic oxidation sites excluding steroid dienone is 1. The number of anilines is 1.